The molecule has 2 atom stereocenters. The Kier molecular flexibility index (Phi) is 4.20. The molecule has 0 spiro atoms. The van der Waals surface area contributed by atoms with Gasteiger partial charge in [-0.1, -0.05) is 18.2 Å². The van der Waals surface area contributed by atoms with Gasteiger partial charge in [-0.3, -0.25) is 10.1 Å². The summed E-state index contributed by atoms with van der Waals surface area (Å²) in [5, 5.41) is 2.69. The first-order valence-corrected chi connectivity index (χ1v) is 7.32. The minimum absolute atomic E-state index is 0.172. The van der Waals surface area contributed by atoms with E-state index in [1.54, 1.807) is 12.1 Å². The largest absolute Gasteiger partial charge is 0.490 e. The van der Waals surface area contributed by atoms with Gasteiger partial charge in [0.1, 0.15) is 6.67 Å². The topological polar surface area (TPSA) is 58.6 Å². The van der Waals surface area contributed by atoms with Crippen molar-refractivity contribution in [2.75, 3.05) is 13.1 Å². The van der Waals surface area contributed by atoms with Crippen molar-refractivity contribution in [1.29, 1.82) is 0 Å². The van der Waals surface area contributed by atoms with E-state index in [9.17, 15) is 27.2 Å². The number of nitrogens with zero attached hydrogens (tertiary/aromatic N) is 1. The van der Waals surface area contributed by atoms with E-state index in [0.717, 1.165) is 0 Å². The fourth-order valence-corrected chi connectivity index (χ4v) is 3.14. The predicted octanol–water partition coefficient (Wildman–Crippen LogP) is 1.56. The lowest BCUT2D eigenvalue weighted by Crippen LogP contribution is -2.63. The van der Waals surface area contributed by atoms with Crippen molar-refractivity contribution < 1.29 is 31.9 Å². The zero-order valence-electron chi connectivity index (χ0n) is 12.4. The zero-order chi connectivity index (χ0) is 17.5. The molecule has 0 bridgehead atoms. The number of halogens is 4. The Morgan fingerprint density at radius 2 is 2.12 bits per heavy atom. The van der Waals surface area contributed by atoms with E-state index in [-0.39, 0.29) is 30.6 Å². The highest BCUT2D eigenvalue weighted by Gasteiger charge is 2.47. The van der Waals surface area contributed by atoms with Gasteiger partial charge < -0.3 is 9.64 Å². The Bertz CT molecular complexity index is 677. The number of ether oxygens (including phenoxy) is 1. The van der Waals surface area contributed by atoms with Crippen LogP contribution in [0.2, 0.25) is 0 Å². The van der Waals surface area contributed by atoms with Crippen LogP contribution in [0, 0.1) is 0 Å². The van der Waals surface area contributed by atoms with Gasteiger partial charge in [0, 0.05) is 18.7 Å². The summed E-state index contributed by atoms with van der Waals surface area (Å²) in [5.74, 6) is -2.76. The molecule has 3 rings (SSSR count). The molecule has 1 fully saturated rings. The maximum atomic E-state index is 13.1. The van der Waals surface area contributed by atoms with E-state index in [4.69, 9.17) is 0 Å². The van der Waals surface area contributed by atoms with E-state index in [0.29, 0.717) is 5.56 Å². The average Bonchev–Trinajstić information content (AvgIpc) is 2.54. The van der Waals surface area contributed by atoms with Crippen LogP contribution >= 0.6 is 0 Å². The summed E-state index contributed by atoms with van der Waals surface area (Å²) in [5.41, 5.74) is 1.03. The molecule has 130 valence electrons. The van der Waals surface area contributed by atoms with E-state index in [2.05, 4.69) is 10.1 Å². The zero-order valence-corrected chi connectivity index (χ0v) is 12.4. The molecular weight excluding hydrogens is 332 g/mol. The minimum atomic E-state index is -5.11. The van der Waals surface area contributed by atoms with E-state index < -0.39 is 37.0 Å². The van der Waals surface area contributed by atoms with Crippen LogP contribution in [0.15, 0.2) is 18.2 Å². The van der Waals surface area contributed by atoms with E-state index >= 15 is 0 Å². The fourth-order valence-electron chi connectivity index (χ4n) is 3.14. The lowest BCUT2D eigenvalue weighted by atomic mass is 9.88. The van der Waals surface area contributed by atoms with Crippen molar-refractivity contribution in [3.05, 3.63) is 34.9 Å². The van der Waals surface area contributed by atoms with E-state index in [1.165, 1.54) is 11.0 Å². The maximum absolute atomic E-state index is 13.1. The number of esters is 1. The Labute approximate surface area is 134 Å². The smallest absolute Gasteiger partial charge is 0.438 e. The summed E-state index contributed by atoms with van der Waals surface area (Å²) in [4.78, 5) is 25.1. The minimum Gasteiger partial charge on any atom is -0.438 e. The number of amides is 1. The molecule has 1 aromatic carbocycles. The van der Waals surface area contributed by atoms with Gasteiger partial charge in [-0.25, -0.2) is 9.18 Å². The summed E-state index contributed by atoms with van der Waals surface area (Å²) in [6.45, 7) is -0.396. The molecule has 0 aromatic heterocycles. The molecule has 5 nitrogen and oxygen atoms in total. The molecule has 1 amide bonds. The highest BCUT2D eigenvalue weighted by Crippen LogP contribution is 2.30. The molecule has 1 unspecified atom stereocenters. The Hall–Kier alpha value is -2.16. The van der Waals surface area contributed by atoms with Gasteiger partial charge in [-0.2, -0.15) is 13.2 Å². The van der Waals surface area contributed by atoms with Crippen molar-refractivity contribution in [3.63, 3.8) is 0 Å². The fraction of sp³-hybridized carbons (Fsp3) is 0.467. The highest BCUT2D eigenvalue weighted by atomic mass is 19.4. The molecule has 0 radical (unpaired) electrons. The maximum Gasteiger partial charge on any atom is 0.490 e. The quantitative estimate of drug-likeness (QED) is 0.652. The Morgan fingerprint density at radius 1 is 1.38 bits per heavy atom. The first-order valence-electron chi connectivity index (χ1n) is 7.32. The molecule has 9 heteroatoms. The third kappa shape index (κ3) is 2.83. The molecule has 1 saturated heterocycles. The second-order valence-corrected chi connectivity index (χ2v) is 5.63. The summed E-state index contributed by atoms with van der Waals surface area (Å²) in [7, 11) is 0. The van der Waals surface area contributed by atoms with Crippen LogP contribution in [0.3, 0.4) is 0 Å². The highest BCUT2D eigenvalue weighted by molar-refractivity contribution is 5.98. The second-order valence-electron chi connectivity index (χ2n) is 5.63. The predicted molar refractivity (Wildman–Crippen MR) is 73.7 cm³/mol. The van der Waals surface area contributed by atoms with Crippen molar-refractivity contribution in [2.45, 2.75) is 31.5 Å². The number of hydrogen-bond donors (Lipinski definition) is 1. The van der Waals surface area contributed by atoms with Gasteiger partial charge in [0.2, 0.25) is 0 Å². The number of fused-ring (bicyclic) bond motifs is 2. The molecule has 0 aliphatic carbocycles. The third-order valence-electron chi connectivity index (χ3n) is 4.20. The van der Waals surface area contributed by atoms with Crippen molar-refractivity contribution >= 4 is 11.9 Å². The van der Waals surface area contributed by atoms with Crippen LogP contribution < -0.4 is 5.32 Å². The first-order chi connectivity index (χ1) is 11.3. The number of rotatable bonds is 2. The summed E-state index contributed by atoms with van der Waals surface area (Å²) >= 11 is 0. The van der Waals surface area contributed by atoms with Crippen molar-refractivity contribution in [1.82, 2.24) is 10.2 Å². The summed E-state index contributed by atoms with van der Waals surface area (Å²) in [6, 6.07) is 3.95. The Morgan fingerprint density at radius 3 is 2.79 bits per heavy atom. The Balaban J connectivity index is 1.90. The van der Waals surface area contributed by atoms with Gasteiger partial charge >= 0.3 is 12.1 Å². The van der Waals surface area contributed by atoms with E-state index in [1.807, 2.05) is 0 Å². The lowest BCUT2D eigenvalue weighted by Gasteiger charge is -2.44. The molecule has 0 saturated carbocycles. The third-order valence-corrected chi connectivity index (χ3v) is 4.20. The van der Waals surface area contributed by atoms with Crippen LogP contribution in [0.1, 0.15) is 21.5 Å². The monoisotopic (exact) mass is 346 g/mol. The number of benzene rings is 1. The summed E-state index contributed by atoms with van der Waals surface area (Å²) < 4.78 is 54.9. The van der Waals surface area contributed by atoms with Crippen LogP contribution in [-0.2, 0) is 22.6 Å². The first kappa shape index (κ1) is 16.7. The van der Waals surface area contributed by atoms with Crippen LogP contribution in [0.4, 0.5) is 17.6 Å². The number of piperazine rings is 1. The number of alkyl halides is 4. The van der Waals surface area contributed by atoms with Crippen LogP contribution in [0.5, 0.6) is 0 Å². The molecular formula is C15H14F4N2O3. The SMILES string of the molecule is O=C1c2c(CF)cccc2C[C@@H]2C(OC(=O)C(F)(F)F)NCCN12. The molecule has 1 aromatic rings. The second kappa shape index (κ2) is 6.04. The molecule has 1 N–H and O–H groups in total. The van der Waals surface area contributed by atoms with Gasteiger partial charge in [-0.15, -0.1) is 0 Å². The van der Waals surface area contributed by atoms with Crippen molar-refractivity contribution in [3.8, 4) is 0 Å². The lowest BCUT2D eigenvalue weighted by molar-refractivity contribution is -0.210. The van der Waals surface area contributed by atoms with Gasteiger partial charge in [0.15, 0.2) is 6.23 Å². The van der Waals surface area contributed by atoms with Crippen molar-refractivity contribution in [2.24, 2.45) is 0 Å². The molecule has 2 aliphatic rings. The number of nitrogens with one attached hydrogen (secondary N) is 1. The average molecular weight is 346 g/mol. The standard InChI is InChI=1S/C15H14F4N2O3/c16-7-9-3-1-2-8-6-10-12(24-14(23)15(17,18)19)20-4-5-21(10)13(22)11(8)9/h1-3,10,12,20H,4-7H2/t10-,12?/m1/s1. The van der Waals surface area contributed by atoms with Gasteiger partial charge in [0.05, 0.1) is 6.04 Å². The van der Waals surface area contributed by atoms with Crippen LogP contribution in [0.25, 0.3) is 0 Å². The molecule has 2 aliphatic heterocycles. The van der Waals surface area contributed by atoms with Gasteiger partial charge in [-0.05, 0) is 17.5 Å². The molecule has 24 heavy (non-hydrogen) atoms. The normalized spacial score (nSPS) is 23.5. The summed E-state index contributed by atoms with van der Waals surface area (Å²) in [6.07, 6.45) is -6.20. The number of carbonyl (C=O) groups excluding carboxylic acids is 2. The van der Waals surface area contributed by atoms with Crippen LogP contribution in [-0.4, -0.2) is 48.3 Å². The number of hydrogen-bond acceptors (Lipinski definition) is 4. The molecule has 2 heterocycles. The van der Waals surface area contributed by atoms with Gasteiger partial charge in [0.25, 0.3) is 5.91 Å². The number of carbonyl (C=O) groups is 2.